The Morgan fingerprint density at radius 2 is 1.70 bits per heavy atom. The Morgan fingerprint density at radius 1 is 1.04 bits per heavy atom. The minimum atomic E-state index is -0.822. The van der Waals surface area contributed by atoms with Crippen molar-refractivity contribution in [1.82, 2.24) is 0 Å². The molecule has 1 aromatic carbocycles. The minimum absolute atomic E-state index is 0.0142. The SMILES string of the molecule is CC(C)(C)O[C@H]1[C@@H]2C(=O)[C@H]3C[C@H](C(C)(C)O)[C@@H]([C@@H]2OCc2ccccc2)[C@@H]13. The van der Waals surface area contributed by atoms with E-state index < -0.39 is 5.60 Å². The fourth-order valence-electron chi connectivity index (χ4n) is 5.86. The van der Waals surface area contributed by atoms with Crippen LogP contribution in [0.15, 0.2) is 30.3 Å². The number of ketones is 1. The summed E-state index contributed by atoms with van der Waals surface area (Å²) >= 11 is 0. The molecule has 3 aliphatic carbocycles. The van der Waals surface area contributed by atoms with Gasteiger partial charge >= 0.3 is 0 Å². The summed E-state index contributed by atoms with van der Waals surface area (Å²) in [6.45, 7) is 10.4. The number of benzene rings is 1. The Labute approximate surface area is 162 Å². The number of carbonyl (C=O) groups excluding carboxylic acids is 1. The molecule has 0 heterocycles. The van der Waals surface area contributed by atoms with Crippen LogP contribution in [0.1, 0.15) is 46.6 Å². The molecular formula is C23H32O4. The van der Waals surface area contributed by atoms with E-state index in [0.717, 1.165) is 12.0 Å². The summed E-state index contributed by atoms with van der Waals surface area (Å²) in [5, 5.41) is 10.8. The first-order valence-electron chi connectivity index (χ1n) is 10.2. The summed E-state index contributed by atoms with van der Waals surface area (Å²) in [5.41, 5.74) is -0.0166. The molecule has 0 amide bonds. The molecule has 0 aromatic heterocycles. The van der Waals surface area contributed by atoms with E-state index >= 15 is 0 Å². The molecule has 2 bridgehead atoms. The quantitative estimate of drug-likeness (QED) is 0.858. The summed E-state index contributed by atoms with van der Waals surface area (Å²) in [6, 6.07) is 10.1. The molecule has 4 heteroatoms. The second kappa shape index (κ2) is 6.40. The lowest BCUT2D eigenvalue weighted by Gasteiger charge is -2.35. The topological polar surface area (TPSA) is 55.8 Å². The van der Waals surface area contributed by atoms with Gasteiger partial charge in [0.1, 0.15) is 5.78 Å². The molecule has 7 atom stereocenters. The van der Waals surface area contributed by atoms with Gasteiger partial charge in [0, 0.05) is 11.8 Å². The summed E-state index contributed by atoms with van der Waals surface area (Å²) in [4.78, 5) is 13.2. The normalized spacial score (nSPS) is 38.0. The van der Waals surface area contributed by atoms with Gasteiger partial charge in [-0.25, -0.2) is 0 Å². The Hall–Kier alpha value is -1.23. The molecule has 1 N–H and O–H groups in total. The van der Waals surface area contributed by atoms with Crippen molar-refractivity contribution in [3.63, 3.8) is 0 Å². The van der Waals surface area contributed by atoms with Crippen LogP contribution in [-0.2, 0) is 20.9 Å². The van der Waals surface area contributed by atoms with Gasteiger partial charge in [0.05, 0.1) is 35.9 Å². The highest BCUT2D eigenvalue weighted by Gasteiger charge is 2.72. The van der Waals surface area contributed by atoms with E-state index in [1.165, 1.54) is 0 Å². The first-order chi connectivity index (χ1) is 12.6. The van der Waals surface area contributed by atoms with Crippen molar-refractivity contribution in [3.8, 4) is 0 Å². The molecule has 0 unspecified atom stereocenters. The van der Waals surface area contributed by atoms with Gasteiger partial charge in [-0.1, -0.05) is 30.3 Å². The molecule has 4 rings (SSSR count). The number of rotatable bonds is 5. The second-order valence-corrected chi connectivity index (χ2v) is 10.1. The molecule has 0 radical (unpaired) electrons. The maximum atomic E-state index is 13.2. The highest BCUT2D eigenvalue weighted by atomic mass is 16.5. The molecular weight excluding hydrogens is 340 g/mol. The number of fused-ring (bicyclic) bond motifs is 1. The molecule has 3 aliphatic rings. The number of ether oxygens (including phenoxy) is 2. The van der Waals surface area contributed by atoms with Crippen molar-refractivity contribution in [1.29, 1.82) is 0 Å². The van der Waals surface area contributed by atoms with Gasteiger partial charge in [-0.3, -0.25) is 4.79 Å². The Kier molecular flexibility index (Phi) is 4.53. The van der Waals surface area contributed by atoms with Crippen molar-refractivity contribution in [2.24, 2.45) is 29.6 Å². The van der Waals surface area contributed by atoms with Crippen molar-refractivity contribution >= 4 is 5.78 Å². The molecule has 4 nitrogen and oxygen atoms in total. The van der Waals surface area contributed by atoms with Crippen LogP contribution < -0.4 is 0 Å². The van der Waals surface area contributed by atoms with Gasteiger partial charge in [0.15, 0.2) is 0 Å². The largest absolute Gasteiger partial charge is 0.390 e. The average molecular weight is 373 g/mol. The highest BCUT2D eigenvalue weighted by Crippen LogP contribution is 2.64. The van der Waals surface area contributed by atoms with Crippen LogP contribution >= 0.6 is 0 Å². The van der Waals surface area contributed by atoms with E-state index in [9.17, 15) is 9.90 Å². The lowest BCUT2D eigenvalue weighted by molar-refractivity contribution is -0.137. The molecule has 3 saturated carbocycles. The van der Waals surface area contributed by atoms with E-state index in [1.807, 2.05) is 65.0 Å². The number of hydrogen-bond donors (Lipinski definition) is 1. The van der Waals surface area contributed by atoms with E-state index in [-0.39, 0.29) is 53.2 Å². The predicted molar refractivity (Wildman–Crippen MR) is 103 cm³/mol. The van der Waals surface area contributed by atoms with E-state index in [1.54, 1.807) is 0 Å². The summed E-state index contributed by atoms with van der Waals surface area (Å²) in [6.07, 6.45) is 0.481. The highest BCUT2D eigenvalue weighted by molar-refractivity contribution is 5.89. The van der Waals surface area contributed by atoms with Crippen LogP contribution in [0.4, 0.5) is 0 Å². The Balaban J connectivity index is 1.63. The van der Waals surface area contributed by atoms with Crippen LogP contribution in [0.5, 0.6) is 0 Å². The summed E-state index contributed by atoms with van der Waals surface area (Å²) in [7, 11) is 0. The fourth-order valence-corrected chi connectivity index (χ4v) is 5.86. The summed E-state index contributed by atoms with van der Waals surface area (Å²) < 4.78 is 12.8. The first kappa shape index (κ1) is 19.1. The predicted octanol–water partition coefficient (Wildman–Crippen LogP) is 3.61. The Bertz CT molecular complexity index is 699. The van der Waals surface area contributed by atoms with Gasteiger partial charge in [-0.2, -0.15) is 0 Å². The van der Waals surface area contributed by atoms with Gasteiger partial charge in [0.2, 0.25) is 0 Å². The molecule has 0 spiro atoms. The third-order valence-electron chi connectivity index (χ3n) is 6.72. The van der Waals surface area contributed by atoms with Crippen LogP contribution in [0, 0.1) is 29.6 Å². The molecule has 27 heavy (non-hydrogen) atoms. The number of hydrogen-bond acceptors (Lipinski definition) is 4. The van der Waals surface area contributed by atoms with Gasteiger partial charge in [-0.05, 0) is 58.4 Å². The first-order valence-corrected chi connectivity index (χ1v) is 10.2. The molecule has 3 fully saturated rings. The van der Waals surface area contributed by atoms with Crippen molar-refractivity contribution in [3.05, 3.63) is 35.9 Å². The number of Topliss-reactive ketones (excluding diaryl/α,β-unsaturated/α-hetero) is 1. The van der Waals surface area contributed by atoms with E-state index in [2.05, 4.69) is 0 Å². The van der Waals surface area contributed by atoms with Crippen LogP contribution in [-0.4, -0.2) is 34.3 Å². The maximum Gasteiger partial charge on any atom is 0.144 e. The van der Waals surface area contributed by atoms with Gasteiger partial charge in [0.25, 0.3) is 0 Å². The number of aliphatic hydroxyl groups is 1. The average Bonchev–Trinajstić information content (AvgIpc) is 3.13. The molecule has 0 saturated heterocycles. The van der Waals surface area contributed by atoms with Crippen molar-refractivity contribution < 1.29 is 19.4 Å². The Morgan fingerprint density at radius 3 is 2.30 bits per heavy atom. The maximum absolute atomic E-state index is 13.2. The molecule has 0 aliphatic heterocycles. The zero-order valence-corrected chi connectivity index (χ0v) is 17.0. The minimum Gasteiger partial charge on any atom is -0.390 e. The monoisotopic (exact) mass is 372 g/mol. The van der Waals surface area contributed by atoms with Crippen LogP contribution in [0.2, 0.25) is 0 Å². The lowest BCUT2D eigenvalue weighted by atomic mass is 9.78. The van der Waals surface area contributed by atoms with E-state index in [4.69, 9.17) is 9.47 Å². The second-order valence-electron chi connectivity index (χ2n) is 10.1. The summed E-state index contributed by atoms with van der Waals surface area (Å²) in [5.74, 6) is 0.499. The molecule has 1 aromatic rings. The molecule has 148 valence electrons. The number of carbonyl (C=O) groups is 1. The fraction of sp³-hybridized carbons (Fsp3) is 0.696. The van der Waals surface area contributed by atoms with Crippen molar-refractivity contribution in [2.45, 2.75) is 71.1 Å². The zero-order chi connectivity index (χ0) is 19.6. The zero-order valence-electron chi connectivity index (χ0n) is 17.0. The van der Waals surface area contributed by atoms with Crippen LogP contribution in [0.3, 0.4) is 0 Å². The van der Waals surface area contributed by atoms with Crippen molar-refractivity contribution in [2.75, 3.05) is 0 Å². The lowest BCUT2D eigenvalue weighted by Crippen LogP contribution is -2.41. The van der Waals surface area contributed by atoms with E-state index in [0.29, 0.717) is 6.61 Å². The van der Waals surface area contributed by atoms with Gasteiger partial charge in [-0.15, -0.1) is 0 Å². The smallest absolute Gasteiger partial charge is 0.144 e. The van der Waals surface area contributed by atoms with Crippen LogP contribution in [0.25, 0.3) is 0 Å². The van der Waals surface area contributed by atoms with Gasteiger partial charge < -0.3 is 14.6 Å². The third-order valence-corrected chi connectivity index (χ3v) is 6.72. The third kappa shape index (κ3) is 3.26. The standard InChI is InChI=1S/C23H32O4/c1-22(2,3)27-21-16-14-11-15(23(4,5)25)17(16)20(18(21)19(14)24)26-12-13-9-7-6-8-10-13/h6-10,14-18,20-21,25H,11-12H2,1-5H3/t14-,15-,16-,17+,18+,20-,21+/m0/s1.